The van der Waals surface area contributed by atoms with Crippen LogP contribution in [-0.2, 0) is 0 Å². The van der Waals surface area contributed by atoms with Crippen molar-refractivity contribution >= 4 is 11.8 Å². The third kappa shape index (κ3) is 3.57. The number of aryl methyl sites for hydroxylation is 1. The average molecular weight is 253 g/mol. The fraction of sp³-hybridized carbons (Fsp3) is 0.667. The van der Waals surface area contributed by atoms with E-state index in [2.05, 4.69) is 9.97 Å². The quantitative estimate of drug-likeness (QED) is 0.632. The third-order valence-corrected chi connectivity index (χ3v) is 4.28. The van der Waals surface area contributed by atoms with Crippen LogP contribution in [0.5, 0.6) is 0 Å². The summed E-state index contributed by atoms with van der Waals surface area (Å²) in [5.74, 6) is 1.48. The third-order valence-electron chi connectivity index (χ3n) is 3.27. The lowest BCUT2D eigenvalue weighted by Crippen LogP contribution is -2.31. The van der Waals surface area contributed by atoms with E-state index < -0.39 is 0 Å². The lowest BCUT2D eigenvalue weighted by molar-refractivity contribution is 0.463. The minimum Gasteiger partial charge on any atom is -0.327 e. The molecule has 2 rings (SSSR count). The maximum Gasteiger partial charge on any atom is 0.251 e. The van der Waals surface area contributed by atoms with Crippen molar-refractivity contribution in [1.82, 2.24) is 9.97 Å². The Balaban J connectivity index is 1.90. The van der Waals surface area contributed by atoms with Gasteiger partial charge in [0.15, 0.2) is 5.16 Å². The first-order chi connectivity index (χ1) is 8.15. The number of rotatable bonds is 4. The number of thioether (sulfide) groups is 1. The van der Waals surface area contributed by atoms with Gasteiger partial charge in [-0.15, -0.1) is 0 Å². The van der Waals surface area contributed by atoms with E-state index >= 15 is 0 Å². The number of aromatic amines is 1. The molecule has 0 radical (unpaired) electrons. The second-order valence-corrected chi connectivity index (χ2v) is 5.72. The molecule has 17 heavy (non-hydrogen) atoms. The van der Waals surface area contributed by atoms with Crippen LogP contribution in [0.1, 0.15) is 31.4 Å². The van der Waals surface area contributed by atoms with Crippen molar-refractivity contribution in [3.63, 3.8) is 0 Å². The van der Waals surface area contributed by atoms with E-state index in [1.807, 2.05) is 6.92 Å². The molecule has 1 unspecified atom stereocenters. The molecule has 1 atom stereocenters. The fourth-order valence-corrected chi connectivity index (χ4v) is 3.32. The summed E-state index contributed by atoms with van der Waals surface area (Å²) < 4.78 is 0. The van der Waals surface area contributed by atoms with Gasteiger partial charge < -0.3 is 10.7 Å². The molecule has 1 fully saturated rings. The molecule has 1 heterocycles. The highest BCUT2D eigenvalue weighted by Gasteiger charge is 2.22. The molecule has 1 saturated carbocycles. The molecule has 0 amide bonds. The Bertz CT molecular complexity index is 426. The molecule has 4 nitrogen and oxygen atoms in total. The van der Waals surface area contributed by atoms with E-state index in [9.17, 15) is 4.79 Å². The lowest BCUT2D eigenvalue weighted by Gasteiger charge is -2.17. The van der Waals surface area contributed by atoms with Gasteiger partial charge in [0.25, 0.3) is 5.56 Å². The zero-order chi connectivity index (χ0) is 12.3. The largest absolute Gasteiger partial charge is 0.327 e. The van der Waals surface area contributed by atoms with E-state index in [4.69, 9.17) is 5.73 Å². The van der Waals surface area contributed by atoms with Crippen LogP contribution in [0.4, 0.5) is 0 Å². The highest BCUT2D eigenvalue weighted by Crippen LogP contribution is 2.28. The van der Waals surface area contributed by atoms with Crippen molar-refractivity contribution in [2.75, 3.05) is 5.75 Å². The predicted molar refractivity (Wildman–Crippen MR) is 70.3 cm³/mol. The van der Waals surface area contributed by atoms with Gasteiger partial charge in [0.1, 0.15) is 0 Å². The lowest BCUT2D eigenvalue weighted by atomic mass is 10.0. The Morgan fingerprint density at radius 1 is 1.59 bits per heavy atom. The van der Waals surface area contributed by atoms with Crippen molar-refractivity contribution in [1.29, 1.82) is 0 Å². The van der Waals surface area contributed by atoms with Gasteiger partial charge in [0.2, 0.25) is 0 Å². The number of hydrogen-bond donors (Lipinski definition) is 2. The van der Waals surface area contributed by atoms with Crippen molar-refractivity contribution in [3.8, 4) is 0 Å². The zero-order valence-corrected chi connectivity index (χ0v) is 10.9. The van der Waals surface area contributed by atoms with Gasteiger partial charge in [0.05, 0.1) is 0 Å². The monoisotopic (exact) mass is 253 g/mol. The normalized spacial score (nSPS) is 18.5. The van der Waals surface area contributed by atoms with Crippen molar-refractivity contribution in [2.24, 2.45) is 11.7 Å². The average Bonchev–Trinajstić information content (AvgIpc) is 2.78. The second-order valence-electron chi connectivity index (χ2n) is 4.71. The number of nitrogens with two attached hydrogens (primary N) is 1. The summed E-state index contributed by atoms with van der Waals surface area (Å²) in [4.78, 5) is 18.3. The smallest absolute Gasteiger partial charge is 0.251 e. The first-order valence-electron chi connectivity index (χ1n) is 6.11. The van der Waals surface area contributed by atoms with Crippen LogP contribution in [0.3, 0.4) is 0 Å². The van der Waals surface area contributed by atoms with E-state index in [0.717, 1.165) is 11.4 Å². The number of nitrogens with zero attached hydrogens (tertiary/aromatic N) is 1. The summed E-state index contributed by atoms with van der Waals surface area (Å²) in [6.07, 6.45) is 5.12. The highest BCUT2D eigenvalue weighted by atomic mass is 32.2. The van der Waals surface area contributed by atoms with E-state index in [1.54, 1.807) is 11.8 Å². The molecule has 5 heteroatoms. The van der Waals surface area contributed by atoms with Crippen LogP contribution >= 0.6 is 11.8 Å². The van der Waals surface area contributed by atoms with Gasteiger partial charge in [-0.3, -0.25) is 4.79 Å². The molecule has 0 aromatic carbocycles. The molecular formula is C12H19N3OS. The Labute approximate surface area is 105 Å². The van der Waals surface area contributed by atoms with Gasteiger partial charge in [-0.25, -0.2) is 4.98 Å². The Kier molecular flexibility index (Phi) is 4.23. The highest BCUT2D eigenvalue weighted by molar-refractivity contribution is 7.99. The molecule has 1 aliphatic carbocycles. The van der Waals surface area contributed by atoms with Crippen molar-refractivity contribution < 1.29 is 0 Å². The molecular weight excluding hydrogens is 234 g/mol. The molecule has 0 bridgehead atoms. The van der Waals surface area contributed by atoms with Crippen LogP contribution < -0.4 is 11.3 Å². The minimum absolute atomic E-state index is 0.0885. The topological polar surface area (TPSA) is 71.8 Å². The minimum atomic E-state index is -0.0885. The standard InChI is InChI=1S/C12H19N3OS/c1-8-6-11(16)15-12(14-8)17-7-10(13)9-4-2-3-5-9/h6,9-10H,2-5,7,13H2,1H3,(H,14,15,16). The molecule has 1 aliphatic rings. The number of nitrogens with one attached hydrogen (secondary N) is 1. The number of aromatic nitrogens is 2. The summed E-state index contributed by atoms with van der Waals surface area (Å²) in [5, 5.41) is 0.684. The second kappa shape index (κ2) is 5.69. The first kappa shape index (κ1) is 12.6. The summed E-state index contributed by atoms with van der Waals surface area (Å²) in [6, 6.07) is 1.72. The molecule has 3 N–H and O–H groups in total. The molecule has 0 saturated heterocycles. The van der Waals surface area contributed by atoms with Crippen LogP contribution in [0.25, 0.3) is 0 Å². The molecule has 1 aromatic rings. The van der Waals surface area contributed by atoms with E-state index in [1.165, 1.54) is 31.7 Å². The summed E-state index contributed by atoms with van der Waals surface area (Å²) >= 11 is 1.55. The molecule has 0 aliphatic heterocycles. The summed E-state index contributed by atoms with van der Waals surface area (Å²) in [7, 11) is 0. The zero-order valence-electron chi connectivity index (χ0n) is 10.1. The fourth-order valence-electron chi connectivity index (χ4n) is 2.32. The summed E-state index contributed by atoms with van der Waals surface area (Å²) in [6.45, 7) is 1.83. The molecule has 1 aromatic heterocycles. The van der Waals surface area contributed by atoms with Gasteiger partial charge in [-0.2, -0.15) is 0 Å². The van der Waals surface area contributed by atoms with E-state index in [-0.39, 0.29) is 11.6 Å². The maximum atomic E-state index is 11.3. The number of H-pyrrole nitrogens is 1. The summed E-state index contributed by atoms with van der Waals surface area (Å²) in [5.41, 5.74) is 6.83. The molecule has 94 valence electrons. The van der Waals surface area contributed by atoms with Crippen molar-refractivity contribution in [2.45, 2.75) is 43.8 Å². The Morgan fingerprint density at radius 2 is 2.29 bits per heavy atom. The van der Waals surface area contributed by atoms with Crippen LogP contribution in [-0.4, -0.2) is 21.8 Å². The van der Waals surface area contributed by atoms with E-state index in [0.29, 0.717) is 11.1 Å². The molecule has 0 spiro atoms. The predicted octanol–water partition coefficient (Wildman–Crippen LogP) is 1.69. The Morgan fingerprint density at radius 3 is 2.94 bits per heavy atom. The van der Waals surface area contributed by atoms with Crippen molar-refractivity contribution in [3.05, 3.63) is 22.1 Å². The SMILES string of the molecule is Cc1cc(=O)[nH]c(SCC(N)C2CCCC2)n1. The van der Waals surface area contributed by atoms with Gasteiger partial charge in [-0.05, 0) is 25.7 Å². The number of hydrogen-bond acceptors (Lipinski definition) is 4. The van der Waals surface area contributed by atoms with Gasteiger partial charge in [-0.1, -0.05) is 24.6 Å². The van der Waals surface area contributed by atoms with Gasteiger partial charge in [0, 0.05) is 23.6 Å². The Hall–Kier alpha value is -0.810. The first-order valence-corrected chi connectivity index (χ1v) is 7.10. The maximum absolute atomic E-state index is 11.3. The van der Waals surface area contributed by atoms with Crippen LogP contribution in [0, 0.1) is 12.8 Å². The van der Waals surface area contributed by atoms with Crippen LogP contribution in [0.2, 0.25) is 0 Å². The van der Waals surface area contributed by atoms with Gasteiger partial charge >= 0.3 is 0 Å². The van der Waals surface area contributed by atoms with Crippen LogP contribution in [0.15, 0.2) is 16.0 Å².